The van der Waals surface area contributed by atoms with Gasteiger partial charge in [0.05, 0.1) is 18.0 Å². The minimum Gasteiger partial charge on any atom is -0.497 e. The van der Waals surface area contributed by atoms with E-state index in [1.807, 2.05) is 35.2 Å². The first-order chi connectivity index (χ1) is 15.9. The average molecular weight is 473 g/mol. The number of ether oxygens (including phenoxy) is 1. The number of nitrogens with one attached hydrogen (secondary N) is 3. The Morgan fingerprint density at radius 1 is 1.15 bits per heavy atom. The van der Waals surface area contributed by atoms with Crippen LogP contribution in [0.1, 0.15) is 19.3 Å². The summed E-state index contributed by atoms with van der Waals surface area (Å²) >= 11 is 0. The Morgan fingerprint density at radius 2 is 1.88 bits per heavy atom. The summed E-state index contributed by atoms with van der Waals surface area (Å²) in [6.07, 6.45) is 1.25. The molecular formula is C23H28N4O5S. The molecule has 0 aliphatic carbocycles. The number of fused-ring (bicyclic) bond motifs is 1. The molecule has 2 aromatic rings. The standard InChI is InChI=1S/C23H28N4O5S/c1-32-19-8-10-20(11-9-19)33(30,31)26-17-13-21-23(29)24-14-18(27(21)15-17)7-12-22(28)25-16-5-3-2-4-6-16/h2-6,8-11,17-18,21,26H,7,12-15H2,1H3,(H,24,29)(H,25,28)/t17-,18+,21-/m0/s1. The van der Waals surface area contributed by atoms with Crippen LogP contribution in [-0.4, -0.2) is 63.5 Å². The number of carbonyl (C=O) groups is 2. The number of hydrogen-bond donors (Lipinski definition) is 3. The molecule has 0 unspecified atom stereocenters. The molecule has 2 heterocycles. The zero-order valence-electron chi connectivity index (χ0n) is 18.4. The molecule has 0 radical (unpaired) electrons. The number of sulfonamides is 1. The van der Waals surface area contributed by atoms with E-state index in [2.05, 4.69) is 15.4 Å². The van der Waals surface area contributed by atoms with Crippen molar-refractivity contribution in [1.29, 1.82) is 0 Å². The van der Waals surface area contributed by atoms with Gasteiger partial charge in [0.25, 0.3) is 0 Å². The Bertz CT molecular complexity index is 1090. The van der Waals surface area contributed by atoms with E-state index >= 15 is 0 Å². The maximum atomic E-state index is 12.8. The number of hydrogen-bond acceptors (Lipinski definition) is 6. The number of benzene rings is 2. The van der Waals surface area contributed by atoms with E-state index in [1.54, 1.807) is 12.1 Å². The van der Waals surface area contributed by atoms with Gasteiger partial charge in [0.15, 0.2) is 0 Å². The minimum atomic E-state index is -3.73. The lowest BCUT2D eigenvalue weighted by atomic mass is 10.0. The van der Waals surface area contributed by atoms with Crippen LogP contribution in [0.3, 0.4) is 0 Å². The van der Waals surface area contributed by atoms with Gasteiger partial charge in [0.1, 0.15) is 5.75 Å². The lowest BCUT2D eigenvalue weighted by molar-refractivity contribution is -0.129. The Morgan fingerprint density at radius 3 is 2.58 bits per heavy atom. The first kappa shape index (κ1) is 23.2. The molecule has 2 amide bonds. The molecule has 2 aromatic carbocycles. The van der Waals surface area contributed by atoms with Crippen molar-refractivity contribution in [1.82, 2.24) is 14.9 Å². The van der Waals surface area contributed by atoms with Crippen LogP contribution < -0.4 is 20.1 Å². The number of piperazine rings is 1. The molecule has 0 spiro atoms. The highest BCUT2D eigenvalue weighted by atomic mass is 32.2. The van der Waals surface area contributed by atoms with Crippen molar-refractivity contribution >= 4 is 27.5 Å². The van der Waals surface area contributed by atoms with Crippen LogP contribution in [0.5, 0.6) is 5.75 Å². The highest BCUT2D eigenvalue weighted by Crippen LogP contribution is 2.27. The molecule has 2 fully saturated rings. The molecule has 2 aliphatic rings. The van der Waals surface area contributed by atoms with Crippen molar-refractivity contribution in [3.05, 3.63) is 54.6 Å². The molecule has 2 aliphatic heterocycles. The third-order valence-electron chi connectivity index (χ3n) is 6.08. The van der Waals surface area contributed by atoms with Crippen LogP contribution in [0.25, 0.3) is 0 Å². The predicted octanol–water partition coefficient (Wildman–Crippen LogP) is 1.33. The molecule has 2 saturated heterocycles. The average Bonchev–Trinajstić information content (AvgIpc) is 3.23. The summed E-state index contributed by atoms with van der Waals surface area (Å²) in [6.45, 7) is 0.852. The second-order valence-corrected chi connectivity index (χ2v) is 10.0. The summed E-state index contributed by atoms with van der Waals surface area (Å²) in [5.74, 6) is 0.375. The van der Waals surface area contributed by atoms with Crippen molar-refractivity contribution in [2.75, 3.05) is 25.5 Å². The quantitative estimate of drug-likeness (QED) is 0.534. The maximum Gasteiger partial charge on any atom is 0.240 e. The lowest BCUT2D eigenvalue weighted by Gasteiger charge is -2.37. The lowest BCUT2D eigenvalue weighted by Crippen LogP contribution is -2.57. The fraction of sp³-hybridized carbons (Fsp3) is 0.391. The summed E-state index contributed by atoms with van der Waals surface area (Å²) in [6, 6.07) is 14.6. The monoisotopic (exact) mass is 472 g/mol. The molecule has 3 atom stereocenters. The van der Waals surface area contributed by atoms with E-state index in [-0.39, 0.29) is 22.8 Å². The Labute approximate surface area is 193 Å². The molecule has 3 N–H and O–H groups in total. The summed E-state index contributed by atoms with van der Waals surface area (Å²) < 4.78 is 33.5. The number of amides is 2. The maximum absolute atomic E-state index is 12.8. The van der Waals surface area contributed by atoms with Crippen molar-refractivity contribution in [2.24, 2.45) is 0 Å². The fourth-order valence-electron chi connectivity index (χ4n) is 4.41. The molecular weight excluding hydrogens is 444 g/mol. The number of rotatable bonds is 8. The normalized spacial score (nSPS) is 22.9. The zero-order chi connectivity index (χ0) is 23.4. The first-order valence-electron chi connectivity index (χ1n) is 10.9. The second kappa shape index (κ2) is 9.90. The van der Waals surface area contributed by atoms with Crippen molar-refractivity contribution < 1.29 is 22.7 Å². The molecule has 10 heteroatoms. The van der Waals surface area contributed by atoms with E-state index in [0.29, 0.717) is 38.1 Å². The van der Waals surface area contributed by atoms with Gasteiger partial charge in [-0.05, 0) is 49.2 Å². The summed E-state index contributed by atoms with van der Waals surface area (Å²) in [5.41, 5.74) is 0.742. The van der Waals surface area contributed by atoms with Gasteiger partial charge in [0, 0.05) is 37.3 Å². The Hall–Kier alpha value is -2.95. The van der Waals surface area contributed by atoms with Crippen LogP contribution >= 0.6 is 0 Å². The van der Waals surface area contributed by atoms with Gasteiger partial charge in [-0.3, -0.25) is 14.5 Å². The first-order valence-corrected chi connectivity index (χ1v) is 12.4. The third-order valence-corrected chi connectivity index (χ3v) is 7.61. The Kier molecular flexibility index (Phi) is 6.96. The predicted molar refractivity (Wildman–Crippen MR) is 123 cm³/mol. The van der Waals surface area contributed by atoms with Crippen LogP contribution in [0, 0.1) is 0 Å². The Balaban J connectivity index is 1.36. The van der Waals surface area contributed by atoms with E-state index in [9.17, 15) is 18.0 Å². The van der Waals surface area contributed by atoms with Gasteiger partial charge in [-0.1, -0.05) is 18.2 Å². The number of carbonyl (C=O) groups excluding carboxylic acids is 2. The van der Waals surface area contributed by atoms with Gasteiger partial charge in [0.2, 0.25) is 21.8 Å². The van der Waals surface area contributed by atoms with Gasteiger partial charge in [-0.2, -0.15) is 0 Å². The molecule has 9 nitrogen and oxygen atoms in total. The van der Waals surface area contributed by atoms with Gasteiger partial charge < -0.3 is 15.4 Å². The summed E-state index contributed by atoms with van der Waals surface area (Å²) in [5, 5.41) is 5.77. The fourth-order valence-corrected chi connectivity index (χ4v) is 5.65. The number of methoxy groups -OCH3 is 1. The summed E-state index contributed by atoms with van der Waals surface area (Å²) in [4.78, 5) is 26.9. The second-order valence-electron chi connectivity index (χ2n) is 8.29. The van der Waals surface area contributed by atoms with Crippen LogP contribution in [0.15, 0.2) is 59.5 Å². The van der Waals surface area contributed by atoms with Crippen molar-refractivity contribution in [2.45, 2.75) is 42.3 Å². The van der Waals surface area contributed by atoms with Gasteiger partial charge in [-0.15, -0.1) is 0 Å². The summed E-state index contributed by atoms with van der Waals surface area (Å²) in [7, 11) is -2.22. The number of anilines is 1. The number of para-hydroxylation sites is 1. The van der Waals surface area contributed by atoms with Crippen LogP contribution in [0.2, 0.25) is 0 Å². The largest absolute Gasteiger partial charge is 0.497 e. The van der Waals surface area contributed by atoms with Crippen LogP contribution in [-0.2, 0) is 19.6 Å². The van der Waals surface area contributed by atoms with E-state index in [0.717, 1.165) is 5.69 Å². The van der Waals surface area contributed by atoms with E-state index < -0.39 is 22.1 Å². The smallest absolute Gasteiger partial charge is 0.240 e. The van der Waals surface area contributed by atoms with Gasteiger partial charge >= 0.3 is 0 Å². The molecule has 4 rings (SSSR count). The minimum absolute atomic E-state index is 0.0373. The van der Waals surface area contributed by atoms with Crippen molar-refractivity contribution in [3.8, 4) is 5.75 Å². The third kappa shape index (κ3) is 5.52. The molecule has 33 heavy (non-hydrogen) atoms. The highest BCUT2D eigenvalue weighted by molar-refractivity contribution is 7.89. The molecule has 0 aromatic heterocycles. The highest BCUT2D eigenvalue weighted by Gasteiger charge is 2.44. The number of nitrogens with zero attached hydrogens (tertiary/aromatic N) is 1. The van der Waals surface area contributed by atoms with Gasteiger partial charge in [-0.25, -0.2) is 13.1 Å². The SMILES string of the molecule is COc1ccc(S(=O)(=O)N[C@H]2C[C@H]3C(=O)NC[C@@H](CCC(=O)Nc4ccccc4)N3C2)cc1. The van der Waals surface area contributed by atoms with E-state index in [4.69, 9.17) is 4.74 Å². The molecule has 176 valence electrons. The molecule has 0 saturated carbocycles. The zero-order valence-corrected chi connectivity index (χ0v) is 19.2. The molecule has 0 bridgehead atoms. The van der Waals surface area contributed by atoms with Crippen LogP contribution in [0.4, 0.5) is 5.69 Å². The topological polar surface area (TPSA) is 117 Å². The van der Waals surface area contributed by atoms with Crippen molar-refractivity contribution in [3.63, 3.8) is 0 Å². The van der Waals surface area contributed by atoms with E-state index in [1.165, 1.54) is 19.2 Å².